The molecule has 0 aliphatic carbocycles. The highest BCUT2D eigenvalue weighted by Crippen LogP contribution is 2.24. The summed E-state index contributed by atoms with van der Waals surface area (Å²) in [4.78, 5) is 157. The average molecular weight is 1320 g/mol. The number of carbonyl (C=O) groups is 10. The molecule has 508 valence electrons. The standard InChI is InChI=1S/C68H82N14O14/c1-5-70-66(94)57-15-10-26-82(57)67(95)54(28-39-18-22-44(85)23-19-39)79-61(89)51(29-40-32-71-47-13-8-6-11-45(40)47)77-65(93)56(36-96-68(2,3)4)81-60(88)50(27-38-16-20-43(84)21-17-38)75-64(92)55(35-83)80-62(90)52(30-41-33-72-48-14-9-7-12-46(41)48)76-63(91)53(31-42-34-69-37-73-42)78-59(87)49-24-25-58(86)74-49/h6-9,11-14,16-23,32-34,37,49-57,71-72,83-85H,5,10,15,24-31,35-36H2,1-4H3,(H,69,73)(H,70,94)(H,74,86)(H,75,92)(H,76,91)(H,77,93)(H,78,87)(H,79,89)(H,80,90)(H,81,88)/t49-,50-,51-,52-,53-,54-,55-,56+,57-/m0/s1. The van der Waals surface area contributed by atoms with Gasteiger partial charge in [0.1, 0.15) is 65.9 Å². The summed E-state index contributed by atoms with van der Waals surface area (Å²) in [5.74, 6) is -7.64. The number of amides is 10. The summed E-state index contributed by atoms with van der Waals surface area (Å²) in [7, 11) is 0. The third-order valence-electron chi connectivity index (χ3n) is 16.7. The molecule has 96 heavy (non-hydrogen) atoms. The van der Waals surface area contributed by atoms with Gasteiger partial charge in [0, 0.05) is 92.0 Å². The van der Waals surface area contributed by atoms with E-state index in [1.807, 2.05) is 18.2 Å². The zero-order chi connectivity index (χ0) is 68.6. The normalized spacial score (nSPS) is 16.8. The van der Waals surface area contributed by atoms with E-state index in [-0.39, 0.29) is 74.8 Å². The fourth-order valence-electron chi connectivity index (χ4n) is 11.6. The number of hydrogen-bond acceptors (Lipinski definition) is 15. The Labute approximate surface area is 552 Å². The molecule has 28 heteroatoms. The largest absolute Gasteiger partial charge is 0.508 e. The van der Waals surface area contributed by atoms with Crippen LogP contribution in [0.5, 0.6) is 11.5 Å². The van der Waals surface area contributed by atoms with Crippen LogP contribution in [-0.4, -0.2) is 186 Å². The number of aromatic amines is 3. The number of benzene rings is 4. The van der Waals surface area contributed by atoms with Gasteiger partial charge in [-0.25, -0.2) is 4.98 Å². The van der Waals surface area contributed by atoms with Crippen molar-refractivity contribution in [2.75, 3.05) is 26.3 Å². The number of aliphatic hydroxyl groups is 1. The Hall–Kier alpha value is -10.6. The monoisotopic (exact) mass is 1320 g/mol. The van der Waals surface area contributed by atoms with Crippen LogP contribution in [0.4, 0.5) is 0 Å². The number of aromatic nitrogens is 4. The van der Waals surface area contributed by atoms with E-state index < -0.39 is 120 Å². The second-order valence-corrected chi connectivity index (χ2v) is 24.9. The highest BCUT2D eigenvalue weighted by Gasteiger charge is 2.40. The van der Waals surface area contributed by atoms with Crippen LogP contribution in [0.1, 0.15) is 81.3 Å². The first-order valence-electron chi connectivity index (χ1n) is 31.9. The summed E-state index contributed by atoms with van der Waals surface area (Å²) in [5, 5.41) is 57.0. The van der Waals surface area contributed by atoms with Crippen LogP contribution in [0.15, 0.2) is 122 Å². The van der Waals surface area contributed by atoms with Gasteiger partial charge in [-0.15, -0.1) is 0 Å². The molecule has 0 spiro atoms. The lowest BCUT2D eigenvalue weighted by Crippen LogP contribution is -2.62. The Balaban J connectivity index is 0.979. The Bertz CT molecular complexity index is 3900. The van der Waals surface area contributed by atoms with Gasteiger partial charge >= 0.3 is 0 Å². The zero-order valence-corrected chi connectivity index (χ0v) is 53.7. The lowest BCUT2D eigenvalue weighted by atomic mass is 10.0. The van der Waals surface area contributed by atoms with Crippen LogP contribution >= 0.6 is 0 Å². The minimum atomic E-state index is -1.80. The molecule has 5 heterocycles. The van der Waals surface area contributed by atoms with Gasteiger partial charge in [0.2, 0.25) is 59.1 Å². The van der Waals surface area contributed by atoms with Crippen molar-refractivity contribution < 1.29 is 68.0 Å². The number of para-hydroxylation sites is 2. The lowest BCUT2D eigenvalue weighted by Gasteiger charge is -2.31. The third-order valence-corrected chi connectivity index (χ3v) is 16.7. The lowest BCUT2D eigenvalue weighted by molar-refractivity contribution is -0.142. The molecule has 0 radical (unpaired) electrons. The second kappa shape index (κ2) is 32.0. The second-order valence-electron chi connectivity index (χ2n) is 24.9. The number of aliphatic hydroxyl groups excluding tert-OH is 1. The number of ether oxygens (including phenoxy) is 1. The Morgan fingerprint density at radius 1 is 0.583 bits per heavy atom. The fraction of sp³-hybridized carbons (Fsp3) is 0.397. The molecule has 2 fully saturated rings. The van der Waals surface area contributed by atoms with Crippen LogP contribution in [0.25, 0.3) is 21.8 Å². The summed E-state index contributed by atoms with van der Waals surface area (Å²) < 4.78 is 6.13. The summed E-state index contributed by atoms with van der Waals surface area (Å²) in [6.45, 7) is 5.91. The number of likely N-dealkylation sites (tertiary alicyclic amines) is 1. The van der Waals surface area contributed by atoms with E-state index in [9.17, 15) is 48.9 Å². The number of carbonyl (C=O) groups excluding carboxylic acids is 10. The number of phenols is 2. The Morgan fingerprint density at radius 2 is 1.06 bits per heavy atom. The quantitative estimate of drug-likeness (QED) is 0.0298. The van der Waals surface area contributed by atoms with Crippen molar-refractivity contribution in [1.82, 2.24) is 72.7 Å². The Morgan fingerprint density at radius 3 is 1.56 bits per heavy atom. The number of hydrogen-bond donors (Lipinski definition) is 15. The maximum absolute atomic E-state index is 15.1. The van der Waals surface area contributed by atoms with Gasteiger partial charge in [-0.1, -0.05) is 60.7 Å². The molecule has 10 amide bonds. The van der Waals surface area contributed by atoms with E-state index in [2.05, 4.69) is 67.8 Å². The maximum Gasteiger partial charge on any atom is 0.246 e. The van der Waals surface area contributed by atoms with Crippen molar-refractivity contribution in [2.24, 2.45) is 0 Å². The number of rotatable bonds is 30. The summed E-state index contributed by atoms with van der Waals surface area (Å²) >= 11 is 0. The van der Waals surface area contributed by atoms with Crippen molar-refractivity contribution in [1.29, 1.82) is 0 Å². The molecule has 4 aromatic carbocycles. The number of phenolic OH excluding ortho intramolecular Hbond substituents is 2. The summed E-state index contributed by atoms with van der Waals surface area (Å²) in [5.41, 5.74) is 3.00. The van der Waals surface area contributed by atoms with Crippen LogP contribution < -0.4 is 47.9 Å². The molecule has 9 atom stereocenters. The maximum atomic E-state index is 15.1. The van der Waals surface area contributed by atoms with Crippen molar-refractivity contribution in [3.8, 4) is 11.5 Å². The van der Waals surface area contributed by atoms with Gasteiger partial charge < -0.3 is 87.8 Å². The summed E-state index contributed by atoms with van der Waals surface area (Å²) in [6, 6.07) is 13.8. The SMILES string of the molecule is CCNC(=O)[C@@H]1CCCN1C(=O)[C@H](Cc1ccc(O)cc1)NC(=O)[C@H](Cc1c[nH]c2ccccc12)NC(=O)[C@@H](COC(C)(C)C)NC(=O)[C@H](Cc1ccc(O)cc1)NC(=O)[C@H](CO)NC(=O)[C@H](Cc1c[nH]c2ccccc12)NC(=O)[C@H](Cc1c[nH]cn1)NC(=O)[C@@H]1CCC(=O)N1. The van der Waals surface area contributed by atoms with Gasteiger partial charge in [0.15, 0.2) is 0 Å². The minimum absolute atomic E-state index is 0.0321. The molecule has 2 saturated heterocycles. The average Bonchev–Trinajstić information content (AvgIpc) is 2.03. The predicted molar refractivity (Wildman–Crippen MR) is 351 cm³/mol. The van der Waals surface area contributed by atoms with Gasteiger partial charge in [-0.05, 0) is 106 Å². The number of likely N-dealkylation sites (N-methyl/N-ethyl adjacent to an activating group) is 1. The fourth-order valence-corrected chi connectivity index (χ4v) is 11.6. The number of fused-ring (bicyclic) bond motifs is 2. The minimum Gasteiger partial charge on any atom is -0.508 e. The Kier molecular flexibility index (Phi) is 23.3. The zero-order valence-electron chi connectivity index (χ0n) is 53.7. The molecule has 3 aromatic heterocycles. The van der Waals surface area contributed by atoms with Crippen molar-refractivity contribution in [2.45, 2.75) is 145 Å². The van der Waals surface area contributed by atoms with Crippen LogP contribution in [0, 0.1) is 0 Å². The first kappa shape index (κ1) is 69.7. The third kappa shape index (κ3) is 18.6. The molecule has 15 N–H and O–H groups in total. The van der Waals surface area contributed by atoms with Crippen molar-refractivity contribution in [3.63, 3.8) is 0 Å². The smallest absolute Gasteiger partial charge is 0.246 e. The topological polar surface area (TPSA) is 412 Å². The number of nitrogens with one attached hydrogen (secondary N) is 12. The van der Waals surface area contributed by atoms with E-state index in [0.29, 0.717) is 58.2 Å². The van der Waals surface area contributed by atoms with E-state index in [1.54, 1.807) is 82.6 Å². The van der Waals surface area contributed by atoms with E-state index in [4.69, 9.17) is 4.74 Å². The molecule has 9 rings (SSSR count). The van der Waals surface area contributed by atoms with Crippen LogP contribution in [0.2, 0.25) is 0 Å². The number of H-pyrrole nitrogens is 3. The van der Waals surface area contributed by atoms with Gasteiger partial charge in [0.05, 0.1) is 30.8 Å². The van der Waals surface area contributed by atoms with E-state index in [1.165, 1.54) is 53.8 Å². The number of nitrogens with zero attached hydrogens (tertiary/aromatic N) is 2. The number of imidazole rings is 1. The predicted octanol–water partition coefficient (Wildman–Crippen LogP) is 0.904. The molecule has 0 unspecified atom stereocenters. The molecule has 0 bridgehead atoms. The summed E-state index contributed by atoms with van der Waals surface area (Å²) in [6.07, 6.45) is 6.56. The highest BCUT2D eigenvalue weighted by molar-refractivity contribution is 6.00. The highest BCUT2D eigenvalue weighted by atomic mass is 16.5. The molecular weight excluding hydrogens is 1240 g/mol. The first-order chi connectivity index (χ1) is 46.0. The molecule has 7 aromatic rings. The van der Waals surface area contributed by atoms with Crippen molar-refractivity contribution >= 4 is 80.9 Å². The van der Waals surface area contributed by atoms with E-state index >= 15 is 14.4 Å². The van der Waals surface area contributed by atoms with Crippen LogP contribution in [0.3, 0.4) is 0 Å². The van der Waals surface area contributed by atoms with Crippen LogP contribution in [-0.2, 0) is 84.8 Å². The molecule has 0 saturated carbocycles. The van der Waals surface area contributed by atoms with Gasteiger partial charge in [0.25, 0.3) is 0 Å². The van der Waals surface area contributed by atoms with Gasteiger partial charge in [-0.3, -0.25) is 47.9 Å². The molecule has 28 nitrogen and oxygen atoms in total. The first-order valence-corrected chi connectivity index (χ1v) is 31.9. The number of aromatic hydroxyl groups is 2. The van der Waals surface area contributed by atoms with E-state index in [0.717, 1.165) is 10.9 Å². The molecule has 2 aliphatic heterocycles. The van der Waals surface area contributed by atoms with Gasteiger partial charge in [-0.2, -0.15) is 0 Å². The molecular formula is C68H82N14O14. The molecule has 2 aliphatic rings. The van der Waals surface area contributed by atoms with Crippen molar-refractivity contribution in [3.05, 3.63) is 150 Å².